The van der Waals surface area contributed by atoms with Crippen molar-refractivity contribution >= 4 is 12.0 Å². The van der Waals surface area contributed by atoms with Crippen molar-refractivity contribution in [3.63, 3.8) is 0 Å². The van der Waals surface area contributed by atoms with Crippen LogP contribution >= 0.6 is 0 Å². The molecule has 18 heavy (non-hydrogen) atoms. The Labute approximate surface area is 106 Å². The second-order valence-electron chi connectivity index (χ2n) is 4.12. The van der Waals surface area contributed by atoms with Gasteiger partial charge in [0.1, 0.15) is 5.60 Å². The number of nitrogens with zero attached hydrogens (tertiary/aromatic N) is 2. The molecular formula is C14H14N2O2. The molecule has 0 amide bonds. The number of ketones is 1. The molecule has 4 nitrogen and oxygen atoms in total. The van der Waals surface area contributed by atoms with E-state index in [9.17, 15) is 4.79 Å². The Bertz CT molecular complexity index is 559. The third-order valence-corrected chi connectivity index (χ3v) is 2.38. The van der Waals surface area contributed by atoms with Crippen molar-refractivity contribution in [2.24, 2.45) is 0 Å². The zero-order valence-electron chi connectivity index (χ0n) is 10.6. The van der Waals surface area contributed by atoms with Crippen LogP contribution in [0.15, 0.2) is 24.3 Å². The molecule has 0 radical (unpaired) electrons. The predicted molar refractivity (Wildman–Crippen MR) is 68.4 cm³/mol. The number of hydrogen-bond acceptors (Lipinski definition) is 2. The summed E-state index contributed by atoms with van der Waals surface area (Å²) in [6.07, 6.45) is 0.849. The first kappa shape index (κ1) is 13.9. The minimum atomic E-state index is -0.582. The van der Waals surface area contributed by atoms with E-state index in [1.807, 2.05) is 13.8 Å². The fourth-order valence-electron chi connectivity index (χ4n) is 1.20. The minimum absolute atomic E-state index is 0.391. The van der Waals surface area contributed by atoms with E-state index in [2.05, 4.69) is 16.6 Å². The third-order valence-electron chi connectivity index (χ3n) is 2.38. The van der Waals surface area contributed by atoms with Crippen LogP contribution in [0, 0.1) is 11.8 Å². The summed E-state index contributed by atoms with van der Waals surface area (Å²) < 4.78 is 5.18. The lowest BCUT2D eigenvalue weighted by atomic mass is 10.0. The molecule has 0 atom stereocenters. The Morgan fingerprint density at radius 2 is 2.11 bits per heavy atom. The van der Waals surface area contributed by atoms with E-state index in [1.54, 1.807) is 31.4 Å². The summed E-state index contributed by atoms with van der Waals surface area (Å²) in [6, 6.07) is 6.88. The number of ether oxygens (including phenoxy) is 1. The molecule has 1 rings (SSSR count). The van der Waals surface area contributed by atoms with Gasteiger partial charge in [0.25, 0.3) is 5.78 Å². The molecule has 0 aliphatic carbocycles. The Kier molecular flexibility index (Phi) is 4.56. The molecule has 4 heteroatoms. The Morgan fingerprint density at radius 3 is 2.72 bits per heavy atom. The van der Waals surface area contributed by atoms with E-state index < -0.39 is 11.4 Å². The van der Waals surface area contributed by atoms with Gasteiger partial charge in [-0.25, -0.2) is 0 Å². The van der Waals surface area contributed by atoms with Crippen molar-refractivity contribution in [2.45, 2.75) is 19.4 Å². The molecule has 0 aromatic heterocycles. The summed E-state index contributed by atoms with van der Waals surface area (Å²) in [6.45, 7) is 3.67. The van der Waals surface area contributed by atoms with E-state index in [-0.39, 0.29) is 0 Å². The third kappa shape index (κ3) is 3.67. The van der Waals surface area contributed by atoms with Crippen LogP contribution < -0.4 is 0 Å². The van der Waals surface area contributed by atoms with Crippen molar-refractivity contribution in [2.75, 3.05) is 7.11 Å². The largest absolute Gasteiger partial charge is 0.366 e. The molecule has 0 saturated heterocycles. The van der Waals surface area contributed by atoms with Crippen LogP contribution in [0.2, 0.25) is 0 Å². The first-order valence-electron chi connectivity index (χ1n) is 5.39. The van der Waals surface area contributed by atoms with Gasteiger partial charge in [0.15, 0.2) is 0 Å². The second kappa shape index (κ2) is 5.92. The van der Waals surface area contributed by atoms with Crippen molar-refractivity contribution in [1.29, 1.82) is 0 Å². The topological polar surface area (TPSA) is 62.7 Å². The molecule has 0 aliphatic heterocycles. The number of hydrogen-bond donors (Lipinski definition) is 0. The maximum atomic E-state index is 11.7. The number of carbonyl (C=O) groups excluding carboxylic acids is 1. The zero-order chi connectivity index (χ0) is 13.6. The molecule has 0 unspecified atom stereocenters. The summed E-state index contributed by atoms with van der Waals surface area (Å²) in [5, 5.41) is 0. The normalized spacial score (nSPS) is 9.94. The van der Waals surface area contributed by atoms with E-state index >= 15 is 0 Å². The standard InChI is InChI=1S/C14H14N2O2/c1-14(2,18-3)9-8-11-6-4-5-7-12(11)13(17)10-16-15/h4-7,10H,1-3H3. The summed E-state index contributed by atoms with van der Waals surface area (Å²) in [5.41, 5.74) is 8.77. The van der Waals surface area contributed by atoms with Gasteiger partial charge in [-0.15, -0.1) is 0 Å². The van der Waals surface area contributed by atoms with Gasteiger partial charge in [0, 0.05) is 18.2 Å². The molecule has 1 aromatic rings. The van der Waals surface area contributed by atoms with Gasteiger partial charge in [0.05, 0.1) is 0 Å². The first-order chi connectivity index (χ1) is 8.50. The van der Waals surface area contributed by atoms with Crippen LogP contribution in [0.5, 0.6) is 0 Å². The quantitative estimate of drug-likeness (QED) is 0.267. The van der Waals surface area contributed by atoms with Crippen molar-refractivity contribution in [1.82, 2.24) is 0 Å². The lowest BCUT2D eigenvalue weighted by Gasteiger charge is -2.14. The smallest absolute Gasteiger partial charge is 0.328 e. The van der Waals surface area contributed by atoms with Gasteiger partial charge in [-0.2, -0.15) is 4.79 Å². The highest BCUT2D eigenvalue weighted by Crippen LogP contribution is 2.10. The van der Waals surface area contributed by atoms with Crippen LogP contribution in [0.25, 0.3) is 5.53 Å². The van der Waals surface area contributed by atoms with Crippen molar-refractivity contribution in [3.05, 3.63) is 40.9 Å². The van der Waals surface area contributed by atoms with E-state index in [1.165, 1.54) is 0 Å². The zero-order valence-corrected chi connectivity index (χ0v) is 10.6. The van der Waals surface area contributed by atoms with Gasteiger partial charge in [-0.05, 0) is 26.0 Å². The van der Waals surface area contributed by atoms with E-state index in [0.29, 0.717) is 11.1 Å². The Balaban J connectivity index is 3.18. The number of rotatable bonds is 3. The Morgan fingerprint density at radius 1 is 1.44 bits per heavy atom. The number of methoxy groups -OCH3 is 1. The highest BCUT2D eigenvalue weighted by Gasteiger charge is 2.13. The Hall–Kier alpha value is -2.21. The van der Waals surface area contributed by atoms with Gasteiger partial charge < -0.3 is 10.3 Å². The number of benzene rings is 1. The molecule has 0 fully saturated rings. The first-order valence-corrected chi connectivity index (χ1v) is 5.39. The highest BCUT2D eigenvalue weighted by atomic mass is 16.5. The molecule has 1 aromatic carbocycles. The summed E-state index contributed by atoms with van der Waals surface area (Å²) in [4.78, 5) is 14.4. The van der Waals surface area contributed by atoms with Crippen LogP contribution in [-0.4, -0.2) is 29.5 Å². The van der Waals surface area contributed by atoms with Crippen molar-refractivity contribution in [3.8, 4) is 11.8 Å². The molecule has 0 N–H and O–H groups in total. The highest BCUT2D eigenvalue weighted by molar-refractivity contribution is 6.34. The number of carbonyl (C=O) groups is 1. The van der Waals surface area contributed by atoms with Crippen LogP contribution in [0.3, 0.4) is 0 Å². The van der Waals surface area contributed by atoms with Gasteiger partial charge in [-0.1, -0.05) is 24.0 Å². The lowest BCUT2D eigenvalue weighted by Crippen LogP contribution is -2.19. The fourth-order valence-corrected chi connectivity index (χ4v) is 1.20. The molecule has 0 saturated carbocycles. The SMILES string of the molecule is COC(C)(C)C#Cc1ccccc1C(=O)C=[N+]=[N-]. The molecule has 92 valence electrons. The van der Waals surface area contributed by atoms with Gasteiger partial charge in [-0.3, -0.25) is 4.79 Å². The van der Waals surface area contributed by atoms with Crippen LogP contribution in [0.1, 0.15) is 29.8 Å². The average Bonchev–Trinajstić information content (AvgIpc) is 2.37. The molecule has 0 spiro atoms. The average molecular weight is 242 g/mol. The molecule has 0 heterocycles. The maximum absolute atomic E-state index is 11.7. The van der Waals surface area contributed by atoms with Gasteiger partial charge in [0.2, 0.25) is 0 Å². The summed E-state index contributed by atoms with van der Waals surface area (Å²) in [7, 11) is 1.57. The second-order valence-corrected chi connectivity index (χ2v) is 4.12. The van der Waals surface area contributed by atoms with Crippen molar-refractivity contribution < 1.29 is 14.3 Å². The lowest BCUT2D eigenvalue weighted by molar-refractivity contribution is 0.00234. The van der Waals surface area contributed by atoms with Gasteiger partial charge >= 0.3 is 6.21 Å². The van der Waals surface area contributed by atoms with Crippen LogP contribution in [0.4, 0.5) is 0 Å². The monoisotopic (exact) mass is 242 g/mol. The van der Waals surface area contributed by atoms with E-state index in [0.717, 1.165) is 6.21 Å². The van der Waals surface area contributed by atoms with E-state index in [4.69, 9.17) is 10.3 Å². The fraction of sp³-hybridized carbons (Fsp3) is 0.286. The van der Waals surface area contributed by atoms with Crippen LogP contribution in [-0.2, 0) is 4.74 Å². The summed E-state index contributed by atoms with van der Waals surface area (Å²) in [5.74, 6) is 5.44. The molecule has 0 bridgehead atoms. The summed E-state index contributed by atoms with van der Waals surface area (Å²) >= 11 is 0. The number of Topliss-reactive ketones (excluding diaryl/α,β-unsaturated/α-hetero) is 1. The molecule has 0 aliphatic rings. The minimum Gasteiger partial charge on any atom is -0.366 e. The molecular weight excluding hydrogens is 228 g/mol. The predicted octanol–water partition coefficient (Wildman–Crippen LogP) is 1.95. The maximum Gasteiger partial charge on any atom is 0.328 e.